The van der Waals surface area contributed by atoms with Crippen LogP contribution < -0.4 is 10.6 Å². The second-order valence-electron chi connectivity index (χ2n) is 4.63. The number of furan rings is 1. The average molecular weight is 296 g/mol. The van der Waals surface area contributed by atoms with Gasteiger partial charge in [-0.05, 0) is 25.2 Å². The van der Waals surface area contributed by atoms with Gasteiger partial charge in [0.2, 0.25) is 0 Å². The van der Waals surface area contributed by atoms with Crippen molar-refractivity contribution in [2.75, 3.05) is 46.9 Å². The van der Waals surface area contributed by atoms with Crippen LogP contribution >= 0.6 is 0 Å². The third-order valence-corrected chi connectivity index (χ3v) is 3.41. The Hall–Kier alpha value is -1.53. The van der Waals surface area contributed by atoms with Crippen LogP contribution in [0.4, 0.5) is 0 Å². The number of aliphatic imine (C=N–C) groups is 1. The third-order valence-electron chi connectivity index (χ3n) is 3.41. The Morgan fingerprint density at radius 2 is 2.14 bits per heavy atom. The van der Waals surface area contributed by atoms with E-state index in [0.717, 1.165) is 37.9 Å². The first kappa shape index (κ1) is 17.5. The van der Waals surface area contributed by atoms with Crippen LogP contribution in [-0.2, 0) is 4.74 Å². The number of hydrogen-bond donors (Lipinski definition) is 2. The van der Waals surface area contributed by atoms with Crippen molar-refractivity contribution in [3.8, 4) is 0 Å². The summed E-state index contributed by atoms with van der Waals surface area (Å²) in [6, 6.07) is 4.14. The summed E-state index contributed by atoms with van der Waals surface area (Å²) < 4.78 is 10.6. The van der Waals surface area contributed by atoms with Gasteiger partial charge in [0, 0.05) is 27.2 Å². The second-order valence-corrected chi connectivity index (χ2v) is 4.63. The molecule has 1 aromatic rings. The number of hydrogen-bond acceptors (Lipinski definition) is 4. The summed E-state index contributed by atoms with van der Waals surface area (Å²) in [5, 5.41) is 6.56. The fraction of sp³-hybridized carbons (Fsp3) is 0.667. The molecule has 0 radical (unpaired) electrons. The predicted molar refractivity (Wildman–Crippen MR) is 85.6 cm³/mol. The Labute approximate surface area is 127 Å². The van der Waals surface area contributed by atoms with Crippen molar-refractivity contribution in [2.24, 2.45) is 4.99 Å². The average Bonchev–Trinajstić information content (AvgIpc) is 3.03. The highest BCUT2D eigenvalue weighted by Crippen LogP contribution is 2.19. The van der Waals surface area contributed by atoms with E-state index in [9.17, 15) is 0 Å². The van der Waals surface area contributed by atoms with Gasteiger partial charge in [-0.1, -0.05) is 13.8 Å². The Kier molecular flexibility index (Phi) is 8.54. The molecule has 1 atom stereocenters. The van der Waals surface area contributed by atoms with Crippen LogP contribution in [-0.4, -0.2) is 57.8 Å². The van der Waals surface area contributed by atoms with E-state index in [0.29, 0.717) is 6.61 Å². The van der Waals surface area contributed by atoms with Crippen LogP contribution in [0.15, 0.2) is 27.8 Å². The molecule has 0 aliphatic rings. The summed E-state index contributed by atoms with van der Waals surface area (Å²) in [7, 11) is 3.45. The van der Waals surface area contributed by atoms with Crippen molar-refractivity contribution in [1.29, 1.82) is 0 Å². The molecule has 1 heterocycles. The van der Waals surface area contributed by atoms with E-state index < -0.39 is 0 Å². The van der Waals surface area contributed by atoms with Gasteiger partial charge in [0.25, 0.3) is 0 Å². The van der Waals surface area contributed by atoms with Crippen molar-refractivity contribution < 1.29 is 9.15 Å². The van der Waals surface area contributed by atoms with Crippen molar-refractivity contribution in [2.45, 2.75) is 19.9 Å². The quantitative estimate of drug-likeness (QED) is 0.410. The van der Waals surface area contributed by atoms with Gasteiger partial charge < -0.3 is 19.8 Å². The Morgan fingerprint density at radius 1 is 1.38 bits per heavy atom. The number of nitrogens with zero attached hydrogens (tertiary/aromatic N) is 2. The minimum atomic E-state index is 0.191. The maximum atomic E-state index is 5.58. The molecule has 1 aromatic heterocycles. The van der Waals surface area contributed by atoms with E-state index >= 15 is 0 Å². The van der Waals surface area contributed by atoms with Crippen molar-refractivity contribution >= 4 is 5.96 Å². The zero-order chi connectivity index (χ0) is 15.5. The summed E-state index contributed by atoms with van der Waals surface area (Å²) in [6.07, 6.45) is 1.72. The standard InChI is InChI=1S/C15H28N4O2/c1-5-19(6-2)13(14-8-7-10-21-14)12-18-15(16-3)17-9-11-20-4/h7-8,10,13H,5-6,9,11-12H2,1-4H3,(H2,16,17,18). The maximum absolute atomic E-state index is 5.58. The normalized spacial score (nSPS) is 13.5. The number of methoxy groups -OCH3 is 1. The van der Waals surface area contributed by atoms with Crippen LogP contribution in [0.25, 0.3) is 0 Å². The molecule has 0 aliphatic carbocycles. The smallest absolute Gasteiger partial charge is 0.191 e. The first-order valence-corrected chi connectivity index (χ1v) is 7.47. The van der Waals surface area contributed by atoms with Gasteiger partial charge >= 0.3 is 0 Å². The lowest BCUT2D eigenvalue weighted by Crippen LogP contribution is -2.43. The van der Waals surface area contributed by atoms with Crippen LogP contribution in [0.2, 0.25) is 0 Å². The molecular weight excluding hydrogens is 268 g/mol. The minimum absolute atomic E-state index is 0.191. The SMILES string of the molecule is CCN(CC)C(CNC(=NC)NCCOC)c1ccco1. The van der Waals surface area contributed by atoms with Crippen LogP contribution in [0, 0.1) is 0 Å². The molecule has 0 amide bonds. The zero-order valence-electron chi connectivity index (χ0n) is 13.6. The highest BCUT2D eigenvalue weighted by molar-refractivity contribution is 5.79. The Bertz CT molecular complexity index is 388. The van der Waals surface area contributed by atoms with Gasteiger partial charge in [0.05, 0.1) is 18.9 Å². The molecule has 0 fully saturated rings. The van der Waals surface area contributed by atoms with E-state index in [1.165, 1.54) is 0 Å². The number of nitrogens with one attached hydrogen (secondary N) is 2. The van der Waals surface area contributed by atoms with E-state index in [2.05, 4.69) is 34.4 Å². The second kappa shape index (κ2) is 10.2. The fourth-order valence-corrected chi connectivity index (χ4v) is 2.24. The lowest BCUT2D eigenvalue weighted by Gasteiger charge is -2.28. The van der Waals surface area contributed by atoms with Crippen LogP contribution in [0.5, 0.6) is 0 Å². The van der Waals surface area contributed by atoms with Gasteiger partial charge in [-0.2, -0.15) is 0 Å². The molecule has 0 aromatic carbocycles. The molecule has 6 heteroatoms. The summed E-state index contributed by atoms with van der Waals surface area (Å²) in [4.78, 5) is 6.57. The minimum Gasteiger partial charge on any atom is -0.468 e. The van der Waals surface area contributed by atoms with Crippen LogP contribution in [0.1, 0.15) is 25.6 Å². The lowest BCUT2D eigenvalue weighted by atomic mass is 10.2. The first-order valence-electron chi connectivity index (χ1n) is 7.47. The predicted octanol–water partition coefficient (Wildman–Crippen LogP) is 1.47. The van der Waals surface area contributed by atoms with Crippen molar-refractivity contribution in [3.05, 3.63) is 24.2 Å². The Morgan fingerprint density at radius 3 is 2.67 bits per heavy atom. The molecule has 0 bridgehead atoms. The largest absolute Gasteiger partial charge is 0.468 e. The van der Waals surface area contributed by atoms with Gasteiger partial charge in [0.15, 0.2) is 5.96 Å². The highest BCUT2D eigenvalue weighted by Gasteiger charge is 2.20. The number of ether oxygens (including phenoxy) is 1. The number of guanidine groups is 1. The third kappa shape index (κ3) is 5.77. The van der Waals surface area contributed by atoms with E-state index in [4.69, 9.17) is 9.15 Å². The highest BCUT2D eigenvalue weighted by atomic mass is 16.5. The summed E-state index contributed by atoms with van der Waals surface area (Å²) in [5.74, 6) is 1.74. The van der Waals surface area contributed by atoms with Gasteiger partial charge in [-0.3, -0.25) is 9.89 Å². The van der Waals surface area contributed by atoms with Gasteiger partial charge in [-0.15, -0.1) is 0 Å². The molecule has 0 saturated carbocycles. The molecule has 0 aliphatic heterocycles. The summed E-state index contributed by atoms with van der Waals surface area (Å²) >= 11 is 0. The zero-order valence-corrected chi connectivity index (χ0v) is 13.6. The molecule has 21 heavy (non-hydrogen) atoms. The molecule has 2 N–H and O–H groups in total. The fourth-order valence-electron chi connectivity index (χ4n) is 2.24. The van der Waals surface area contributed by atoms with Crippen molar-refractivity contribution in [3.63, 3.8) is 0 Å². The van der Waals surface area contributed by atoms with E-state index in [1.54, 1.807) is 20.4 Å². The first-order chi connectivity index (χ1) is 10.3. The number of likely N-dealkylation sites (N-methyl/N-ethyl adjacent to an activating group) is 1. The summed E-state index contributed by atoms with van der Waals surface area (Å²) in [6.45, 7) is 8.38. The summed E-state index contributed by atoms with van der Waals surface area (Å²) in [5.41, 5.74) is 0. The van der Waals surface area contributed by atoms with Crippen LogP contribution in [0.3, 0.4) is 0 Å². The Balaban J connectivity index is 2.60. The maximum Gasteiger partial charge on any atom is 0.191 e. The molecule has 0 spiro atoms. The van der Waals surface area contributed by atoms with E-state index in [1.807, 2.05) is 12.1 Å². The molecule has 1 rings (SSSR count). The topological polar surface area (TPSA) is 62.0 Å². The molecule has 120 valence electrons. The molecule has 6 nitrogen and oxygen atoms in total. The molecule has 1 unspecified atom stereocenters. The monoisotopic (exact) mass is 296 g/mol. The lowest BCUT2D eigenvalue weighted by molar-refractivity contribution is 0.192. The van der Waals surface area contributed by atoms with Gasteiger partial charge in [0.1, 0.15) is 5.76 Å². The van der Waals surface area contributed by atoms with Gasteiger partial charge in [-0.25, -0.2) is 0 Å². The molecule has 0 saturated heterocycles. The van der Waals surface area contributed by atoms with E-state index in [-0.39, 0.29) is 6.04 Å². The number of rotatable bonds is 9. The molecular formula is C15H28N4O2. The van der Waals surface area contributed by atoms with Crippen molar-refractivity contribution in [1.82, 2.24) is 15.5 Å².